The SMILES string of the molecule is Nc1onc2nc3ccc(F)cc3cc12. The van der Waals surface area contributed by atoms with Crippen molar-refractivity contribution >= 4 is 27.8 Å². The fraction of sp³-hybridized carbons (Fsp3) is 0. The summed E-state index contributed by atoms with van der Waals surface area (Å²) < 4.78 is 17.8. The lowest BCUT2D eigenvalue weighted by Gasteiger charge is -1.96. The molecule has 0 aliphatic rings. The number of nitrogen functional groups attached to an aromatic ring is 1. The molecular formula is C10H6FN3O. The van der Waals surface area contributed by atoms with E-state index < -0.39 is 0 Å². The van der Waals surface area contributed by atoms with Crippen molar-refractivity contribution in [1.82, 2.24) is 10.1 Å². The van der Waals surface area contributed by atoms with Gasteiger partial charge in [-0.2, -0.15) is 0 Å². The van der Waals surface area contributed by atoms with Gasteiger partial charge in [0.1, 0.15) is 5.82 Å². The summed E-state index contributed by atoms with van der Waals surface area (Å²) in [7, 11) is 0. The molecule has 0 radical (unpaired) electrons. The Morgan fingerprint density at radius 1 is 1.27 bits per heavy atom. The van der Waals surface area contributed by atoms with E-state index in [1.165, 1.54) is 12.1 Å². The molecule has 2 aromatic heterocycles. The number of fused-ring (bicyclic) bond motifs is 2. The Kier molecular flexibility index (Phi) is 1.45. The first-order valence-electron chi connectivity index (χ1n) is 4.35. The quantitative estimate of drug-likeness (QED) is 0.607. The lowest BCUT2D eigenvalue weighted by Crippen LogP contribution is -1.84. The second-order valence-electron chi connectivity index (χ2n) is 3.24. The van der Waals surface area contributed by atoms with Crippen molar-refractivity contribution in [2.45, 2.75) is 0 Å². The number of pyridine rings is 1. The molecule has 0 bridgehead atoms. The molecule has 0 saturated carbocycles. The van der Waals surface area contributed by atoms with Crippen LogP contribution in [0, 0.1) is 5.82 Å². The molecule has 0 spiro atoms. The highest BCUT2D eigenvalue weighted by Gasteiger charge is 2.08. The van der Waals surface area contributed by atoms with E-state index in [0.29, 0.717) is 21.9 Å². The summed E-state index contributed by atoms with van der Waals surface area (Å²) >= 11 is 0. The van der Waals surface area contributed by atoms with Crippen LogP contribution in [0.25, 0.3) is 21.9 Å². The van der Waals surface area contributed by atoms with Gasteiger partial charge in [0.2, 0.25) is 11.5 Å². The van der Waals surface area contributed by atoms with E-state index in [9.17, 15) is 4.39 Å². The second-order valence-corrected chi connectivity index (χ2v) is 3.24. The van der Waals surface area contributed by atoms with E-state index in [1.54, 1.807) is 12.1 Å². The van der Waals surface area contributed by atoms with Crippen molar-refractivity contribution in [3.63, 3.8) is 0 Å². The van der Waals surface area contributed by atoms with Crippen LogP contribution in [0.4, 0.5) is 10.3 Å². The van der Waals surface area contributed by atoms with Gasteiger partial charge in [-0.3, -0.25) is 0 Å². The van der Waals surface area contributed by atoms with E-state index in [1.807, 2.05) is 0 Å². The molecule has 2 heterocycles. The van der Waals surface area contributed by atoms with Crippen LogP contribution in [0.2, 0.25) is 0 Å². The predicted molar refractivity (Wildman–Crippen MR) is 53.7 cm³/mol. The molecule has 0 saturated heterocycles. The summed E-state index contributed by atoms with van der Waals surface area (Å²) in [5, 5.41) is 4.97. The Morgan fingerprint density at radius 2 is 2.13 bits per heavy atom. The number of hydrogen-bond donors (Lipinski definition) is 1. The normalized spacial score (nSPS) is 11.3. The van der Waals surface area contributed by atoms with Crippen LogP contribution in [0.1, 0.15) is 0 Å². The van der Waals surface area contributed by atoms with Crippen LogP contribution in [0.5, 0.6) is 0 Å². The van der Waals surface area contributed by atoms with Crippen molar-refractivity contribution < 1.29 is 8.91 Å². The summed E-state index contributed by atoms with van der Waals surface area (Å²) in [5.41, 5.74) is 6.64. The third kappa shape index (κ3) is 1.13. The van der Waals surface area contributed by atoms with Crippen LogP contribution in [0.15, 0.2) is 28.8 Å². The van der Waals surface area contributed by atoms with Crippen LogP contribution in [0.3, 0.4) is 0 Å². The molecule has 0 amide bonds. The number of aromatic nitrogens is 2. The van der Waals surface area contributed by atoms with Crippen molar-refractivity contribution in [3.05, 3.63) is 30.1 Å². The molecule has 2 N–H and O–H groups in total. The van der Waals surface area contributed by atoms with Gasteiger partial charge >= 0.3 is 0 Å². The van der Waals surface area contributed by atoms with Crippen molar-refractivity contribution in [3.8, 4) is 0 Å². The zero-order valence-electron chi connectivity index (χ0n) is 7.57. The van der Waals surface area contributed by atoms with Crippen molar-refractivity contribution in [1.29, 1.82) is 0 Å². The average Bonchev–Trinajstić information content (AvgIpc) is 2.57. The molecule has 0 unspecified atom stereocenters. The fourth-order valence-corrected chi connectivity index (χ4v) is 1.53. The topological polar surface area (TPSA) is 64.9 Å². The highest BCUT2D eigenvalue weighted by atomic mass is 19.1. The van der Waals surface area contributed by atoms with Gasteiger partial charge in [-0.15, -0.1) is 0 Å². The maximum absolute atomic E-state index is 13.0. The zero-order valence-corrected chi connectivity index (χ0v) is 7.57. The summed E-state index contributed by atoms with van der Waals surface area (Å²) in [6.45, 7) is 0. The third-order valence-electron chi connectivity index (χ3n) is 2.25. The predicted octanol–water partition coefficient (Wildman–Crippen LogP) is 2.10. The van der Waals surface area contributed by atoms with Crippen molar-refractivity contribution in [2.24, 2.45) is 0 Å². The number of rotatable bonds is 0. The van der Waals surface area contributed by atoms with Gasteiger partial charge in [-0.25, -0.2) is 9.37 Å². The lowest BCUT2D eigenvalue weighted by molar-refractivity contribution is 0.443. The fourth-order valence-electron chi connectivity index (χ4n) is 1.53. The Balaban J connectivity index is 2.50. The highest BCUT2D eigenvalue weighted by molar-refractivity contribution is 5.95. The molecule has 0 aliphatic heterocycles. The smallest absolute Gasteiger partial charge is 0.231 e. The lowest BCUT2D eigenvalue weighted by atomic mass is 10.2. The van der Waals surface area contributed by atoms with E-state index in [2.05, 4.69) is 10.1 Å². The first kappa shape index (κ1) is 8.16. The molecule has 74 valence electrons. The molecule has 3 aromatic rings. The average molecular weight is 203 g/mol. The number of nitrogens with zero attached hydrogens (tertiary/aromatic N) is 2. The summed E-state index contributed by atoms with van der Waals surface area (Å²) in [6.07, 6.45) is 0. The van der Waals surface area contributed by atoms with Gasteiger partial charge in [-0.05, 0) is 24.3 Å². The van der Waals surface area contributed by atoms with Gasteiger partial charge in [-0.1, -0.05) is 5.16 Å². The molecule has 15 heavy (non-hydrogen) atoms. The Hall–Kier alpha value is -2.17. The monoisotopic (exact) mass is 203 g/mol. The maximum Gasteiger partial charge on any atom is 0.231 e. The maximum atomic E-state index is 13.0. The number of nitrogens with two attached hydrogens (primary N) is 1. The molecule has 0 fully saturated rings. The number of hydrogen-bond acceptors (Lipinski definition) is 4. The van der Waals surface area contributed by atoms with Crippen LogP contribution < -0.4 is 5.73 Å². The van der Waals surface area contributed by atoms with Crippen LogP contribution in [-0.2, 0) is 0 Å². The number of halogens is 1. The molecule has 1 aromatic carbocycles. The zero-order chi connectivity index (χ0) is 10.4. The Morgan fingerprint density at radius 3 is 3.00 bits per heavy atom. The van der Waals surface area contributed by atoms with E-state index >= 15 is 0 Å². The molecule has 0 atom stereocenters. The van der Waals surface area contributed by atoms with Gasteiger partial charge in [0.25, 0.3) is 0 Å². The summed E-state index contributed by atoms with van der Waals surface area (Å²) in [4.78, 5) is 4.19. The summed E-state index contributed by atoms with van der Waals surface area (Å²) in [5.74, 6) is -0.109. The van der Waals surface area contributed by atoms with Crippen molar-refractivity contribution in [2.75, 3.05) is 5.73 Å². The first-order valence-corrected chi connectivity index (χ1v) is 4.35. The van der Waals surface area contributed by atoms with E-state index in [0.717, 1.165) is 0 Å². The summed E-state index contributed by atoms with van der Waals surface area (Å²) in [6, 6.07) is 6.06. The van der Waals surface area contributed by atoms with Gasteiger partial charge < -0.3 is 10.3 Å². The Labute approximate surface area is 83.5 Å². The minimum atomic E-state index is -0.307. The molecule has 0 aliphatic carbocycles. The molecular weight excluding hydrogens is 197 g/mol. The van der Waals surface area contributed by atoms with Crippen LogP contribution >= 0.6 is 0 Å². The molecule has 5 heteroatoms. The third-order valence-corrected chi connectivity index (χ3v) is 2.25. The number of anilines is 1. The molecule has 3 rings (SSSR count). The first-order chi connectivity index (χ1) is 7.24. The number of benzene rings is 1. The van der Waals surface area contributed by atoms with Crippen LogP contribution in [-0.4, -0.2) is 10.1 Å². The minimum Gasteiger partial charge on any atom is -0.367 e. The molecule has 4 nitrogen and oxygen atoms in total. The van der Waals surface area contributed by atoms with E-state index in [-0.39, 0.29) is 11.7 Å². The van der Waals surface area contributed by atoms with Gasteiger partial charge in [0.05, 0.1) is 10.9 Å². The van der Waals surface area contributed by atoms with Gasteiger partial charge in [0.15, 0.2) is 0 Å². The van der Waals surface area contributed by atoms with Gasteiger partial charge in [0, 0.05) is 5.39 Å². The standard InChI is InChI=1S/C10H6FN3O/c11-6-1-2-8-5(3-6)4-7-9(12)15-14-10(7)13-8/h1-4H,12H2. The second kappa shape index (κ2) is 2.66. The minimum absolute atomic E-state index is 0.198. The highest BCUT2D eigenvalue weighted by Crippen LogP contribution is 2.23. The van der Waals surface area contributed by atoms with E-state index in [4.69, 9.17) is 10.3 Å². The Bertz CT molecular complexity index is 662. The largest absolute Gasteiger partial charge is 0.367 e.